The maximum Gasteiger partial charge on any atom is 0.0996 e. The molecule has 0 spiro atoms. The van der Waals surface area contributed by atoms with Crippen molar-refractivity contribution in [2.75, 3.05) is 0 Å². The molecule has 0 aliphatic heterocycles. The zero-order chi connectivity index (χ0) is 11.8. The first-order valence-electron chi connectivity index (χ1n) is 5.29. The molecule has 4 heteroatoms. The summed E-state index contributed by atoms with van der Waals surface area (Å²) in [6.07, 6.45) is 1.85. The molecule has 3 rings (SSSR count). The highest BCUT2D eigenvalue weighted by Crippen LogP contribution is 2.24. The van der Waals surface area contributed by atoms with E-state index in [1.54, 1.807) is 0 Å². The van der Waals surface area contributed by atoms with E-state index in [1.807, 2.05) is 42.2 Å². The van der Waals surface area contributed by atoms with Crippen LogP contribution in [-0.2, 0) is 7.05 Å². The third-order valence-electron chi connectivity index (χ3n) is 2.74. The molecule has 0 aliphatic carbocycles. The molecule has 0 radical (unpaired) electrons. The van der Waals surface area contributed by atoms with E-state index in [0.29, 0.717) is 0 Å². The Balaban J connectivity index is 2.25. The van der Waals surface area contributed by atoms with Crippen molar-refractivity contribution in [2.45, 2.75) is 0 Å². The Hall–Kier alpha value is -1.43. The molecule has 0 atom stereocenters. The Morgan fingerprint density at radius 3 is 2.71 bits per heavy atom. The van der Waals surface area contributed by atoms with Crippen LogP contribution in [0.3, 0.4) is 0 Å². The van der Waals surface area contributed by atoms with Crippen LogP contribution in [0.1, 0.15) is 0 Å². The van der Waals surface area contributed by atoms with E-state index in [4.69, 9.17) is 0 Å². The lowest BCUT2D eigenvalue weighted by atomic mass is 10.2. The molecular weight excluding hydrogens is 325 g/mol. The summed E-state index contributed by atoms with van der Waals surface area (Å²) in [5, 5.41) is 5.40. The van der Waals surface area contributed by atoms with E-state index < -0.39 is 0 Å². The van der Waals surface area contributed by atoms with Crippen LogP contribution in [-0.4, -0.2) is 14.8 Å². The van der Waals surface area contributed by atoms with E-state index in [1.165, 1.54) is 0 Å². The highest BCUT2D eigenvalue weighted by Gasteiger charge is 2.10. The SMILES string of the molecule is Cn1ncc(I)c1-c1ccc2ccccc2n1. The zero-order valence-electron chi connectivity index (χ0n) is 9.26. The van der Waals surface area contributed by atoms with Crippen LogP contribution in [0, 0.1) is 3.57 Å². The first-order valence-corrected chi connectivity index (χ1v) is 6.37. The maximum absolute atomic E-state index is 4.67. The first-order chi connectivity index (χ1) is 8.25. The van der Waals surface area contributed by atoms with Crippen LogP contribution in [0.4, 0.5) is 0 Å². The fraction of sp³-hybridized carbons (Fsp3) is 0.0769. The van der Waals surface area contributed by atoms with Crippen LogP contribution in [0.25, 0.3) is 22.3 Å². The third-order valence-corrected chi connectivity index (χ3v) is 3.52. The van der Waals surface area contributed by atoms with Gasteiger partial charge in [0.25, 0.3) is 0 Å². The summed E-state index contributed by atoms with van der Waals surface area (Å²) < 4.78 is 2.98. The molecule has 2 aromatic heterocycles. The summed E-state index contributed by atoms with van der Waals surface area (Å²) in [5.41, 5.74) is 3.05. The van der Waals surface area contributed by atoms with Crippen LogP contribution in [0.5, 0.6) is 0 Å². The Morgan fingerprint density at radius 2 is 1.94 bits per heavy atom. The minimum Gasteiger partial charge on any atom is -0.265 e. The predicted octanol–water partition coefficient (Wildman–Crippen LogP) is 3.24. The number of aromatic nitrogens is 3. The summed E-state index contributed by atoms with van der Waals surface area (Å²) in [6.45, 7) is 0. The van der Waals surface area contributed by atoms with Gasteiger partial charge in [0.05, 0.1) is 26.7 Å². The van der Waals surface area contributed by atoms with Gasteiger partial charge < -0.3 is 0 Å². The topological polar surface area (TPSA) is 30.7 Å². The Bertz CT molecular complexity index is 668. The molecule has 0 aliphatic rings. The summed E-state index contributed by atoms with van der Waals surface area (Å²) in [5.74, 6) is 0. The van der Waals surface area contributed by atoms with Gasteiger partial charge in [0.15, 0.2) is 0 Å². The van der Waals surface area contributed by atoms with Gasteiger partial charge in [-0.15, -0.1) is 0 Å². The monoisotopic (exact) mass is 335 g/mol. The van der Waals surface area contributed by atoms with E-state index in [2.05, 4.69) is 44.8 Å². The zero-order valence-corrected chi connectivity index (χ0v) is 11.4. The van der Waals surface area contributed by atoms with Crippen molar-refractivity contribution in [1.82, 2.24) is 14.8 Å². The van der Waals surface area contributed by atoms with E-state index in [-0.39, 0.29) is 0 Å². The second-order valence-electron chi connectivity index (χ2n) is 3.85. The lowest BCUT2D eigenvalue weighted by Gasteiger charge is -2.04. The molecule has 0 amide bonds. The van der Waals surface area contributed by atoms with E-state index in [9.17, 15) is 0 Å². The highest BCUT2D eigenvalue weighted by molar-refractivity contribution is 14.1. The van der Waals surface area contributed by atoms with Gasteiger partial charge in [-0.05, 0) is 34.7 Å². The number of hydrogen-bond acceptors (Lipinski definition) is 2. The molecule has 0 saturated carbocycles. The average molecular weight is 335 g/mol. The third kappa shape index (κ3) is 1.82. The Morgan fingerprint density at radius 1 is 1.12 bits per heavy atom. The number of fused-ring (bicyclic) bond motifs is 1. The lowest BCUT2D eigenvalue weighted by molar-refractivity contribution is 0.773. The van der Waals surface area contributed by atoms with E-state index >= 15 is 0 Å². The van der Waals surface area contributed by atoms with Gasteiger partial charge in [0.1, 0.15) is 0 Å². The lowest BCUT2D eigenvalue weighted by Crippen LogP contribution is -1.96. The molecule has 0 N–H and O–H groups in total. The number of nitrogens with zero attached hydrogens (tertiary/aromatic N) is 3. The molecule has 84 valence electrons. The first kappa shape index (κ1) is 10.7. The Labute approximate surface area is 113 Å². The van der Waals surface area contributed by atoms with E-state index in [0.717, 1.165) is 25.9 Å². The number of para-hydroxylation sites is 1. The second-order valence-corrected chi connectivity index (χ2v) is 5.02. The molecule has 3 aromatic rings. The predicted molar refractivity (Wildman–Crippen MR) is 76.7 cm³/mol. The van der Waals surface area contributed by atoms with Gasteiger partial charge in [0, 0.05) is 12.4 Å². The van der Waals surface area contributed by atoms with Gasteiger partial charge in [0.2, 0.25) is 0 Å². The smallest absolute Gasteiger partial charge is 0.0996 e. The molecule has 0 saturated heterocycles. The van der Waals surface area contributed by atoms with Gasteiger partial charge in [-0.25, -0.2) is 4.98 Å². The molecule has 2 heterocycles. The standard InChI is InChI=1S/C13H10IN3/c1-17-13(10(14)8-15-17)12-7-6-9-4-2-3-5-11(9)16-12/h2-8H,1H3. The maximum atomic E-state index is 4.67. The quantitative estimate of drug-likeness (QED) is 0.639. The average Bonchev–Trinajstić information content (AvgIpc) is 2.68. The molecule has 17 heavy (non-hydrogen) atoms. The fourth-order valence-corrected chi connectivity index (χ4v) is 2.65. The van der Waals surface area contributed by atoms with Crippen LogP contribution >= 0.6 is 22.6 Å². The summed E-state index contributed by atoms with van der Waals surface area (Å²) in [4.78, 5) is 4.67. The number of aryl methyl sites for hydroxylation is 1. The summed E-state index contributed by atoms with van der Waals surface area (Å²) in [7, 11) is 1.94. The molecule has 3 nitrogen and oxygen atoms in total. The van der Waals surface area contributed by atoms with Crippen LogP contribution < -0.4 is 0 Å². The van der Waals surface area contributed by atoms with Crippen molar-refractivity contribution in [3.63, 3.8) is 0 Å². The minimum absolute atomic E-state index is 0.966. The largest absolute Gasteiger partial charge is 0.265 e. The van der Waals surface area contributed by atoms with Crippen molar-refractivity contribution < 1.29 is 0 Å². The molecule has 0 unspecified atom stereocenters. The fourth-order valence-electron chi connectivity index (χ4n) is 1.90. The number of benzene rings is 1. The molecule has 1 aromatic carbocycles. The van der Waals surface area contributed by atoms with Gasteiger partial charge in [-0.3, -0.25) is 4.68 Å². The Kier molecular flexibility index (Phi) is 2.58. The van der Waals surface area contributed by atoms with Crippen molar-refractivity contribution in [3.8, 4) is 11.4 Å². The van der Waals surface area contributed by atoms with Crippen molar-refractivity contribution in [3.05, 3.63) is 46.2 Å². The second kappa shape index (κ2) is 4.10. The normalized spacial score (nSPS) is 10.9. The number of hydrogen-bond donors (Lipinski definition) is 0. The van der Waals surface area contributed by atoms with Crippen molar-refractivity contribution >= 4 is 33.5 Å². The highest BCUT2D eigenvalue weighted by atomic mass is 127. The van der Waals surface area contributed by atoms with Crippen LogP contribution in [0.2, 0.25) is 0 Å². The number of rotatable bonds is 1. The number of pyridine rings is 1. The van der Waals surface area contributed by atoms with Gasteiger partial charge in [-0.2, -0.15) is 5.10 Å². The van der Waals surface area contributed by atoms with Gasteiger partial charge in [-0.1, -0.05) is 24.3 Å². The minimum atomic E-state index is 0.966. The number of halogens is 1. The molecule has 0 fully saturated rings. The summed E-state index contributed by atoms with van der Waals surface area (Å²) >= 11 is 2.29. The van der Waals surface area contributed by atoms with Crippen LogP contribution in [0.15, 0.2) is 42.6 Å². The summed E-state index contributed by atoms with van der Waals surface area (Å²) in [6, 6.07) is 12.3. The van der Waals surface area contributed by atoms with Gasteiger partial charge >= 0.3 is 0 Å². The van der Waals surface area contributed by atoms with Crippen molar-refractivity contribution in [2.24, 2.45) is 7.05 Å². The molecular formula is C13H10IN3. The van der Waals surface area contributed by atoms with Crippen molar-refractivity contribution in [1.29, 1.82) is 0 Å². The molecule has 0 bridgehead atoms.